The lowest BCUT2D eigenvalue weighted by Crippen LogP contribution is -2.32. The molecule has 0 spiro atoms. The highest BCUT2D eigenvalue weighted by atomic mass is 35.5. The average Bonchev–Trinajstić information content (AvgIpc) is 3.00. The Hall–Kier alpha value is -1.17. The molecule has 0 aliphatic heterocycles. The van der Waals surface area contributed by atoms with Gasteiger partial charge in [0.05, 0.1) is 10.3 Å². The van der Waals surface area contributed by atoms with Crippen molar-refractivity contribution in [2.45, 2.75) is 30.0 Å². The molecule has 0 radical (unpaired) electrons. The highest BCUT2D eigenvalue weighted by Gasteiger charge is 2.15. The molecule has 1 amide bonds. The summed E-state index contributed by atoms with van der Waals surface area (Å²) in [5.74, 6) is -0.0125. The molecule has 22 heavy (non-hydrogen) atoms. The number of hydrogen-bond donors (Lipinski definition) is 1. The first kappa shape index (κ1) is 17.2. The molecule has 0 saturated carbocycles. The van der Waals surface area contributed by atoms with Gasteiger partial charge in [0.1, 0.15) is 0 Å². The molecule has 7 heteroatoms. The standard InChI is InChI=1S/C15H17Cl2N3OS/c1-11(22-14-10-12(16)4-5-13(14)17)15(21)18-6-2-8-20-9-3-7-19-20/h3-5,7,9-11H,2,6,8H2,1H3,(H,18,21)/t11-/m0/s1. The molecular formula is C15H17Cl2N3OS. The fraction of sp³-hybridized carbons (Fsp3) is 0.333. The van der Waals surface area contributed by atoms with E-state index in [-0.39, 0.29) is 11.2 Å². The smallest absolute Gasteiger partial charge is 0.233 e. The number of rotatable bonds is 7. The number of halogens is 2. The lowest BCUT2D eigenvalue weighted by Gasteiger charge is -2.13. The zero-order valence-corrected chi connectivity index (χ0v) is 14.5. The first-order chi connectivity index (χ1) is 10.6. The molecule has 0 saturated heterocycles. The van der Waals surface area contributed by atoms with Crippen molar-refractivity contribution in [2.75, 3.05) is 6.54 Å². The molecule has 4 nitrogen and oxygen atoms in total. The van der Waals surface area contributed by atoms with Crippen molar-refractivity contribution in [3.63, 3.8) is 0 Å². The summed E-state index contributed by atoms with van der Waals surface area (Å²) in [7, 11) is 0. The van der Waals surface area contributed by atoms with Crippen LogP contribution in [-0.4, -0.2) is 27.5 Å². The van der Waals surface area contributed by atoms with Crippen LogP contribution in [0.2, 0.25) is 10.0 Å². The summed E-state index contributed by atoms with van der Waals surface area (Å²) in [6.45, 7) is 3.26. The summed E-state index contributed by atoms with van der Waals surface area (Å²) in [6.07, 6.45) is 4.48. The van der Waals surface area contributed by atoms with Gasteiger partial charge < -0.3 is 5.32 Å². The van der Waals surface area contributed by atoms with Crippen LogP contribution < -0.4 is 5.32 Å². The van der Waals surface area contributed by atoms with Gasteiger partial charge in [0, 0.05) is 35.4 Å². The Morgan fingerprint density at radius 1 is 1.45 bits per heavy atom. The van der Waals surface area contributed by atoms with Gasteiger partial charge in [-0.15, -0.1) is 11.8 Å². The lowest BCUT2D eigenvalue weighted by atomic mass is 10.4. The van der Waals surface area contributed by atoms with Gasteiger partial charge in [-0.3, -0.25) is 9.48 Å². The van der Waals surface area contributed by atoms with E-state index in [2.05, 4.69) is 10.4 Å². The van der Waals surface area contributed by atoms with Crippen molar-refractivity contribution in [2.24, 2.45) is 0 Å². The Morgan fingerprint density at radius 2 is 2.27 bits per heavy atom. The van der Waals surface area contributed by atoms with E-state index in [0.29, 0.717) is 16.6 Å². The highest BCUT2D eigenvalue weighted by molar-refractivity contribution is 8.00. The maximum Gasteiger partial charge on any atom is 0.233 e. The minimum atomic E-state index is -0.235. The molecule has 0 fully saturated rings. The molecule has 1 atom stereocenters. The predicted molar refractivity (Wildman–Crippen MR) is 91.6 cm³/mol. The SMILES string of the molecule is C[C@H](Sc1cc(Cl)ccc1Cl)C(=O)NCCCn1cccn1. The molecule has 1 aromatic heterocycles. The Balaban J connectivity index is 1.75. The number of aryl methyl sites for hydroxylation is 1. The molecule has 2 rings (SSSR count). The van der Waals surface area contributed by atoms with Gasteiger partial charge in [-0.05, 0) is 37.6 Å². The van der Waals surface area contributed by atoms with E-state index in [1.807, 2.05) is 23.9 Å². The third kappa shape index (κ3) is 5.23. The summed E-state index contributed by atoms with van der Waals surface area (Å²) in [5, 5.41) is 8.02. The maximum absolute atomic E-state index is 12.1. The fourth-order valence-corrected chi connectivity index (χ4v) is 3.28. The van der Waals surface area contributed by atoms with Crippen LogP contribution in [0.4, 0.5) is 0 Å². The second-order valence-corrected chi connectivity index (χ2v) is 6.97. The fourth-order valence-electron chi connectivity index (χ4n) is 1.84. The molecule has 0 bridgehead atoms. The normalized spacial score (nSPS) is 12.1. The minimum Gasteiger partial charge on any atom is -0.355 e. The second-order valence-electron chi connectivity index (χ2n) is 4.75. The number of aromatic nitrogens is 2. The molecule has 0 aliphatic carbocycles. The van der Waals surface area contributed by atoms with Crippen molar-refractivity contribution < 1.29 is 4.79 Å². The van der Waals surface area contributed by atoms with E-state index in [4.69, 9.17) is 23.2 Å². The summed E-state index contributed by atoms with van der Waals surface area (Å²) < 4.78 is 1.84. The lowest BCUT2D eigenvalue weighted by molar-refractivity contribution is -0.120. The van der Waals surface area contributed by atoms with Crippen LogP contribution in [0.1, 0.15) is 13.3 Å². The Labute approximate surface area is 144 Å². The highest BCUT2D eigenvalue weighted by Crippen LogP contribution is 2.32. The third-order valence-electron chi connectivity index (χ3n) is 2.99. The van der Waals surface area contributed by atoms with E-state index < -0.39 is 0 Å². The van der Waals surface area contributed by atoms with E-state index in [1.165, 1.54) is 11.8 Å². The third-order valence-corrected chi connectivity index (χ3v) is 4.82. The summed E-state index contributed by atoms with van der Waals surface area (Å²) >= 11 is 13.5. The van der Waals surface area contributed by atoms with Crippen LogP contribution in [0, 0.1) is 0 Å². The Kier molecular flexibility index (Phi) is 6.61. The van der Waals surface area contributed by atoms with Crippen LogP contribution in [-0.2, 0) is 11.3 Å². The minimum absolute atomic E-state index is 0.0125. The molecule has 1 N–H and O–H groups in total. The van der Waals surface area contributed by atoms with Gasteiger partial charge >= 0.3 is 0 Å². The van der Waals surface area contributed by atoms with Crippen LogP contribution >= 0.6 is 35.0 Å². The van der Waals surface area contributed by atoms with Crippen molar-refractivity contribution >= 4 is 40.9 Å². The van der Waals surface area contributed by atoms with E-state index in [1.54, 1.807) is 24.4 Å². The van der Waals surface area contributed by atoms with Crippen molar-refractivity contribution in [1.82, 2.24) is 15.1 Å². The summed E-state index contributed by atoms with van der Waals surface area (Å²) in [5.41, 5.74) is 0. The van der Waals surface area contributed by atoms with Gasteiger partial charge in [0.15, 0.2) is 0 Å². The number of nitrogens with one attached hydrogen (secondary N) is 1. The zero-order chi connectivity index (χ0) is 15.9. The number of benzene rings is 1. The quantitative estimate of drug-likeness (QED) is 0.604. The number of carbonyl (C=O) groups excluding carboxylic acids is 1. The van der Waals surface area contributed by atoms with Gasteiger partial charge in [0.2, 0.25) is 5.91 Å². The Morgan fingerprint density at radius 3 is 3.00 bits per heavy atom. The van der Waals surface area contributed by atoms with E-state index in [0.717, 1.165) is 17.9 Å². The van der Waals surface area contributed by atoms with Gasteiger partial charge in [-0.25, -0.2) is 0 Å². The number of carbonyl (C=O) groups is 1. The number of hydrogen-bond acceptors (Lipinski definition) is 3. The maximum atomic E-state index is 12.1. The Bertz CT molecular complexity index is 619. The van der Waals surface area contributed by atoms with Crippen LogP contribution in [0.25, 0.3) is 0 Å². The monoisotopic (exact) mass is 357 g/mol. The molecule has 1 aromatic carbocycles. The van der Waals surface area contributed by atoms with E-state index >= 15 is 0 Å². The second kappa shape index (κ2) is 8.46. The molecular weight excluding hydrogens is 341 g/mol. The van der Waals surface area contributed by atoms with Gasteiger partial charge in [-0.2, -0.15) is 5.10 Å². The average molecular weight is 358 g/mol. The largest absolute Gasteiger partial charge is 0.355 e. The van der Waals surface area contributed by atoms with Crippen LogP contribution in [0.15, 0.2) is 41.6 Å². The van der Waals surface area contributed by atoms with E-state index in [9.17, 15) is 4.79 Å². The number of amides is 1. The molecule has 2 aromatic rings. The molecule has 0 unspecified atom stereocenters. The predicted octanol–water partition coefficient (Wildman–Crippen LogP) is 3.88. The number of thioether (sulfide) groups is 1. The first-order valence-corrected chi connectivity index (χ1v) is 8.56. The van der Waals surface area contributed by atoms with Crippen molar-refractivity contribution in [3.8, 4) is 0 Å². The zero-order valence-electron chi connectivity index (χ0n) is 12.1. The number of nitrogens with zero attached hydrogens (tertiary/aromatic N) is 2. The molecule has 1 heterocycles. The topological polar surface area (TPSA) is 46.9 Å². The summed E-state index contributed by atoms with van der Waals surface area (Å²) in [6, 6.07) is 7.12. The first-order valence-electron chi connectivity index (χ1n) is 6.93. The van der Waals surface area contributed by atoms with Crippen LogP contribution in [0.3, 0.4) is 0 Å². The molecule has 0 aliphatic rings. The van der Waals surface area contributed by atoms with Crippen LogP contribution in [0.5, 0.6) is 0 Å². The summed E-state index contributed by atoms with van der Waals surface area (Å²) in [4.78, 5) is 12.9. The van der Waals surface area contributed by atoms with Gasteiger partial charge in [-0.1, -0.05) is 23.2 Å². The van der Waals surface area contributed by atoms with Gasteiger partial charge in [0.25, 0.3) is 0 Å². The molecule has 118 valence electrons. The van der Waals surface area contributed by atoms with Crippen molar-refractivity contribution in [1.29, 1.82) is 0 Å². The van der Waals surface area contributed by atoms with Crippen molar-refractivity contribution in [3.05, 3.63) is 46.7 Å².